The number of nitrogens with one attached hydrogen (secondary N) is 1. The number of rotatable bonds is 9. The van der Waals surface area contributed by atoms with E-state index in [2.05, 4.69) is 56.4 Å². The molecule has 200 valence electrons. The Morgan fingerprint density at radius 2 is 1.84 bits per heavy atom. The molecule has 2 aromatic heterocycles. The van der Waals surface area contributed by atoms with E-state index in [1.54, 1.807) is 19.5 Å². The molecular weight excluding hydrogens is 470 g/mol. The minimum Gasteiger partial charge on any atom is -0.383 e. The Labute approximate surface area is 219 Å². The maximum atomic E-state index is 11.4. The lowest BCUT2D eigenvalue weighted by molar-refractivity contribution is -0.135. The van der Waals surface area contributed by atoms with E-state index in [1.165, 1.54) is 5.69 Å². The topological polar surface area (TPSA) is 95.9 Å². The van der Waals surface area contributed by atoms with Gasteiger partial charge in [0, 0.05) is 64.0 Å². The number of nitrogens with zero attached hydrogens (tertiary/aromatic N) is 6. The number of anilines is 2. The van der Waals surface area contributed by atoms with Gasteiger partial charge in [-0.15, -0.1) is 0 Å². The van der Waals surface area contributed by atoms with Crippen LogP contribution in [0.2, 0.25) is 0 Å². The maximum absolute atomic E-state index is 11.4. The van der Waals surface area contributed by atoms with Crippen LogP contribution in [-0.2, 0) is 14.3 Å². The van der Waals surface area contributed by atoms with Crippen LogP contribution < -0.4 is 10.2 Å². The van der Waals surface area contributed by atoms with Gasteiger partial charge < -0.3 is 29.5 Å². The van der Waals surface area contributed by atoms with Gasteiger partial charge in [-0.2, -0.15) is 0 Å². The third-order valence-electron chi connectivity index (χ3n) is 5.98. The molecule has 0 radical (unpaired) electrons. The zero-order valence-corrected chi connectivity index (χ0v) is 22.6. The lowest BCUT2D eigenvalue weighted by atomic mass is 10.1. The molecule has 1 fully saturated rings. The first kappa shape index (κ1) is 28.2. The molecule has 0 spiro atoms. The molecule has 1 aromatic carbocycles. The van der Waals surface area contributed by atoms with Gasteiger partial charge in [0.1, 0.15) is 5.52 Å². The normalized spacial score (nSPS) is 13.3. The number of benzene rings is 1. The van der Waals surface area contributed by atoms with Crippen LogP contribution in [0.4, 0.5) is 11.5 Å². The Morgan fingerprint density at radius 3 is 2.46 bits per heavy atom. The summed E-state index contributed by atoms with van der Waals surface area (Å²) in [5.74, 6) is 0.934. The fourth-order valence-corrected chi connectivity index (χ4v) is 3.99. The zero-order chi connectivity index (χ0) is 26.6. The van der Waals surface area contributed by atoms with Crippen molar-refractivity contribution in [1.29, 1.82) is 0 Å². The second kappa shape index (κ2) is 14.4. The van der Waals surface area contributed by atoms with E-state index in [0.29, 0.717) is 26.4 Å². The van der Waals surface area contributed by atoms with Crippen molar-refractivity contribution in [2.45, 2.75) is 6.92 Å². The molecule has 3 heterocycles. The number of pyridine rings is 1. The number of aromatic nitrogens is 3. The van der Waals surface area contributed by atoms with Gasteiger partial charge in [-0.1, -0.05) is 12.1 Å². The van der Waals surface area contributed by atoms with Crippen LogP contribution in [-0.4, -0.2) is 111 Å². The summed E-state index contributed by atoms with van der Waals surface area (Å²) in [5, 5.41) is 3.11. The molecule has 0 aliphatic carbocycles. The number of fused-ring (bicyclic) bond motifs is 1. The largest absolute Gasteiger partial charge is 0.383 e. The number of methoxy groups -OCH3 is 1. The van der Waals surface area contributed by atoms with Crippen molar-refractivity contribution in [2.24, 2.45) is 0 Å². The fourth-order valence-electron chi connectivity index (χ4n) is 3.99. The highest BCUT2D eigenvalue weighted by Crippen LogP contribution is 2.27. The quantitative estimate of drug-likeness (QED) is 0.467. The standard InChI is InChI=1S/C19H23N5O.C8H16N2O2/c1-4-24(11-12-25-3)15-7-5-14(6-8-15)16-13-17-18(19(20-2)23-16)22-10-9-21-17;1-9(2)7-8(11)10-3-5-12-6-4-10/h5-10,13H,4,11-12H2,1-3H3,(H,20,23);3-7H2,1-2H3. The van der Waals surface area contributed by atoms with Crippen LogP contribution in [0.5, 0.6) is 0 Å². The molecule has 10 heteroatoms. The van der Waals surface area contributed by atoms with Crippen LogP contribution in [0.25, 0.3) is 22.3 Å². The van der Waals surface area contributed by atoms with Crippen LogP contribution in [0.3, 0.4) is 0 Å². The van der Waals surface area contributed by atoms with Crippen LogP contribution in [0.15, 0.2) is 42.7 Å². The van der Waals surface area contributed by atoms with Crippen molar-refractivity contribution in [3.8, 4) is 11.3 Å². The Morgan fingerprint density at radius 1 is 1.14 bits per heavy atom. The number of likely N-dealkylation sites (N-methyl/N-ethyl adjacent to an activating group) is 2. The Bertz CT molecular complexity index is 1120. The van der Waals surface area contributed by atoms with Crippen molar-refractivity contribution in [1.82, 2.24) is 24.8 Å². The van der Waals surface area contributed by atoms with Crippen LogP contribution in [0, 0.1) is 0 Å². The second-order valence-corrected chi connectivity index (χ2v) is 8.88. The highest BCUT2D eigenvalue weighted by molar-refractivity contribution is 5.88. The SMILES string of the molecule is CCN(CCOC)c1ccc(-c2cc3nccnc3c(NC)n2)cc1.CN(C)CC(=O)N1CCOCC1. The molecule has 1 N–H and O–H groups in total. The monoisotopic (exact) mass is 509 g/mol. The van der Waals surface area contributed by atoms with Gasteiger partial charge in [0.15, 0.2) is 5.82 Å². The number of carbonyl (C=O) groups excluding carboxylic acids is 1. The van der Waals surface area contributed by atoms with Crippen LogP contribution >= 0.6 is 0 Å². The highest BCUT2D eigenvalue weighted by atomic mass is 16.5. The Kier molecular flexibility index (Phi) is 11.0. The number of hydrogen-bond donors (Lipinski definition) is 1. The number of carbonyl (C=O) groups is 1. The summed E-state index contributed by atoms with van der Waals surface area (Å²) in [7, 11) is 7.37. The molecule has 0 unspecified atom stereocenters. The number of amides is 1. The molecule has 0 atom stereocenters. The summed E-state index contributed by atoms with van der Waals surface area (Å²) in [5.41, 5.74) is 4.72. The first-order valence-corrected chi connectivity index (χ1v) is 12.6. The van der Waals surface area contributed by atoms with Gasteiger partial charge in [0.05, 0.1) is 37.6 Å². The average Bonchev–Trinajstić information content (AvgIpc) is 2.93. The first-order valence-electron chi connectivity index (χ1n) is 12.6. The number of ether oxygens (including phenoxy) is 2. The maximum Gasteiger partial charge on any atom is 0.236 e. The van der Waals surface area contributed by atoms with E-state index in [0.717, 1.165) is 54.3 Å². The van der Waals surface area contributed by atoms with Gasteiger partial charge in [-0.05, 0) is 39.2 Å². The van der Waals surface area contributed by atoms with Crippen molar-refractivity contribution in [3.63, 3.8) is 0 Å². The minimum absolute atomic E-state index is 0.198. The van der Waals surface area contributed by atoms with E-state index >= 15 is 0 Å². The first-order chi connectivity index (χ1) is 18.0. The smallest absolute Gasteiger partial charge is 0.236 e. The number of hydrogen-bond acceptors (Lipinski definition) is 9. The minimum atomic E-state index is 0.198. The third-order valence-corrected chi connectivity index (χ3v) is 5.98. The lowest BCUT2D eigenvalue weighted by Crippen LogP contribution is -2.44. The molecule has 0 saturated carbocycles. The molecule has 3 aromatic rings. The Hall–Kier alpha value is -3.34. The molecule has 0 bridgehead atoms. The number of morpholine rings is 1. The van der Waals surface area contributed by atoms with E-state index < -0.39 is 0 Å². The molecule has 1 aliphatic rings. The Balaban J connectivity index is 0.000000266. The second-order valence-electron chi connectivity index (χ2n) is 8.88. The van der Waals surface area contributed by atoms with E-state index in [-0.39, 0.29) is 5.91 Å². The molecule has 1 amide bonds. The van der Waals surface area contributed by atoms with Gasteiger partial charge in [0.2, 0.25) is 5.91 Å². The van der Waals surface area contributed by atoms with Crippen molar-refractivity contribution in [3.05, 3.63) is 42.7 Å². The van der Waals surface area contributed by atoms with Gasteiger partial charge in [0.25, 0.3) is 0 Å². The summed E-state index contributed by atoms with van der Waals surface area (Å²) < 4.78 is 10.3. The predicted octanol–water partition coefficient (Wildman–Crippen LogP) is 2.61. The summed E-state index contributed by atoms with van der Waals surface area (Å²) in [6, 6.07) is 10.4. The lowest BCUT2D eigenvalue weighted by Gasteiger charge is -2.27. The predicted molar refractivity (Wildman–Crippen MR) is 148 cm³/mol. The van der Waals surface area contributed by atoms with Crippen molar-refractivity contribution >= 4 is 28.4 Å². The van der Waals surface area contributed by atoms with Gasteiger partial charge in [-0.25, -0.2) is 9.97 Å². The molecule has 1 aliphatic heterocycles. The summed E-state index contributed by atoms with van der Waals surface area (Å²) >= 11 is 0. The molecule has 37 heavy (non-hydrogen) atoms. The van der Waals surface area contributed by atoms with Crippen molar-refractivity contribution < 1.29 is 14.3 Å². The average molecular weight is 510 g/mol. The van der Waals surface area contributed by atoms with Crippen molar-refractivity contribution in [2.75, 3.05) is 91.0 Å². The van der Waals surface area contributed by atoms with Crippen LogP contribution in [0.1, 0.15) is 6.92 Å². The molecule has 1 saturated heterocycles. The van der Waals surface area contributed by atoms with E-state index in [4.69, 9.17) is 9.47 Å². The van der Waals surface area contributed by atoms with E-state index in [1.807, 2.05) is 37.0 Å². The third kappa shape index (κ3) is 8.08. The van der Waals surface area contributed by atoms with E-state index in [9.17, 15) is 4.79 Å². The fraction of sp³-hybridized carbons (Fsp3) is 0.481. The van der Waals surface area contributed by atoms with Gasteiger partial charge in [-0.3, -0.25) is 9.78 Å². The highest BCUT2D eigenvalue weighted by Gasteiger charge is 2.16. The molecule has 10 nitrogen and oxygen atoms in total. The zero-order valence-electron chi connectivity index (χ0n) is 22.6. The summed E-state index contributed by atoms with van der Waals surface area (Å²) in [6.07, 6.45) is 3.38. The molecular formula is C27H39N7O3. The van der Waals surface area contributed by atoms with Gasteiger partial charge >= 0.3 is 0 Å². The molecule has 4 rings (SSSR count). The summed E-state index contributed by atoms with van der Waals surface area (Å²) in [4.78, 5) is 30.9. The summed E-state index contributed by atoms with van der Waals surface area (Å²) in [6.45, 7) is 8.02.